The Morgan fingerprint density at radius 2 is 2.29 bits per heavy atom. The highest BCUT2D eigenvalue weighted by atomic mass is 35.5. The van der Waals surface area contributed by atoms with Crippen LogP contribution in [0.3, 0.4) is 0 Å². The third kappa shape index (κ3) is 3.26. The molecule has 2 N–H and O–H groups in total. The van der Waals surface area contributed by atoms with Crippen LogP contribution in [0, 0.1) is 0 Å². The van der Waals surface area contributed by atoms with Crippen LogP contribution in [0.25, 0.3) is 0 Å². The lowest BCUT2D eigenvalue weighted by molar-refractivity contribution is -0.142. The molecule has 1 aromatic heterocycles. The van der Waals surface area contributed by atoms with Crippen molar-refractivity contribution in [1.82, 2.24) is 4.98 Å². The van der Waals surface area contributed by atoms with Gasteiger partial charge in [-0.05, 0) is 12.5 Å². The second-order valence-electron chi connectivity index (χ2n) is 3.18. The Hall–Kier alpha value is -1.43. The molecule has 1 heterocycles. The van der Waals surface area contributed by atoms with E-state index in [9.17, 15) is 13.6 Å². The number of pyridine rings is 1. The molecule has 0 saturated heterocycles. The van der Waals surface area contributed by atoms with E-state index in [4.69, 9.17) is 17.3 Å². The predicted molar refractivity (Wildman–Crippen MR) is 59.0 cm³/mol. The largest absolute Gasteiger partial charge is 0.466 e. The first kappa shape index (κ1) is 13.6. The number of hydrogen-bond acceptors (Lipinski definition) is 4. The van der Waals surface area contributed by atoms with Crippen molar-refractivity contribution in [3.05, 3.63) is 22.3 Å². The summed E-state index contributed by atoms with van der Waals surface area (Å²) >= 11 is 5.63. The summed E-state index contributed by atoms with van der Waals surface area (Å²) in [5, 5.41) is -0.318. The van der Waals surface area contributed by atoms with Crippen LogP contribution in [0.4, 0.5) is 14.6 Å². The Morgan fingerprint density at radius 3 is 2.82 bits per heavy atom. The molecule has 0 fully saturated rings. The van der Waals surface area contributed by atoms with Gasteiger partial charge in [0.1, 0.15) is 5.82 Å². The Bertz CT molecular complexity index is 427. The van der Waals surface area contributed by atoms with Gasteiger partial charge in [-0.2, -0.15) is 0 Å². The Morgan fingerprint density at radius 1 is 1.65 bits per heavy atom. The Balaban J connectivity index is 3.07. The molecule has 94 valence electrons. The highest BCUT2D eigenvalue weighted by Gasteiger charge is 2.21. The first-order chi connectivity index (χ1) is 7.97. The van der Waals surface area contributed by atoms with Crippen LogP contribution >= 0.6 is 11.6 Å². The number of carbonyl (C=O) groups excluding carboxylic acids is 1. The number of nitrogens with zero attached hydrogens (tertiary/aromatic N) is 1. The summed E-state index contributed by atoms with van der Waals surface area (Å²) in [5.41, 5.74) is 4.88. The van der Waals surface area contributed by atoms with Gasteiger partial charge in [-0.15, -0.1) is 0 Å². The monoisotopic (exact) mass is 264 g/mol. The predicted octanol–water partition coefficient (Wildman–Crippen LogP) is 2.36. The first-order valence-corrected chi connectivity index (χ1v) is 5.21. The van der Waals surface area contributed by atoms with Gasteiger partial charge in [0.15, 0.2) is 0 Å². The minimum Gasteiger partial charge on any atom is -0.466 e. The molecule has 0 bridgehead atoms. The summed E-state index contributed by atoms with van der Waals surface area (Å²) in [6.45, 7) is 1.80. The van der Waals surface area contributed by atoms with Crippen LogP contribution in [-0.4, -0.2) is 17.6 Å². The molecule has 0 radical (unpaired) electrons. The molecule has 1 aromatic rings. The van der Waals surface area contributed by atoms with Gasteiger partial charge >= 0.3 is 5.97 Å². The summed E-state index contributed by atoms with van der Waals surface area (Å²) in [4.78, 5) is 14.9. The number of carbonyl (C=O) groups is 1. The van der Waals surface area contributed by atoms with Gasteiger partial charge in [0.25, 0.3) is 6.43 Å². The molecule has 7 heteroatoms. The molecule has 0 aliphatic rings. The summed E-state index contributed by atoms with van der Waals surface area (Å²) in [5.74, 6) is -0.799. The number of esters is 1. The van der Waals surface area contributed by atoms with Crippen molar-refractivity contribution in [2.75, 3.05) is 12.3 Å². The summed E-state index contributed by atoms with van der Waals surface area (Å²) in [6.07, 6.45) is -2.02. The van der Waals surface area contributed by atoms with Crippen LogP contribution in [-0.2, 0) is 16.0 Å². The minimum absolute atomic E-state index is 0.0256. The van der Waals surface area contributed by atoms with E-state index in [2.05, 4.69) is 9.72 Å². The van der Waals surface area contributed by atoms with Crippen molar-refractivity contribution in [1.29, 1.82) is 0 Å². The number of anilines is 1. The molecule has 0 aromatic carbocycles. The number of nitrogens with two attached hydrogens (primary N) is 1. The molecule has 0 aliphatic carbocycles. The van der Waals surface area contributed by atoms with Crippen LogP contribution in [0.15, 0.2) is 6.20 Å². The standard InChI is InChI=1S/C10H11ClF2N2O2/c1-2-17-6(16)3-5-4-15-10(14)8(11)7(5)9(12)13/h4,9H,2-3H2,1H3,(H2,14,15). The molecule has 1 rings (SSSR count). The molecule has 0 aliphatic heterocycles. The topological polar surface area (TPSA) is 65.2 Å². The molecule has 4 nitrogen and oxygen atoms in total. The number of nitrogen functional groups attached to an aromatic ring is 1. The van der Waals surface area contributed by atoms with Crippen molar-refractivity contribution in [2.45, 2.75) is 19.8 Å². The zero-order valence-corrected chi connectivity index (χ0v) is 9.80. The van der Waals surface area contributed by atoms with Crippen molar-refractivity contribution in [3.8, 4) is 0 Å². The summed E-state index contributed by atoms with van der Waals surface area (Å²) in [7, 11) is 0. The Kier molecular flexibility index (Phi) is 4.62. The van der Waals surface area contributed by atoms with E-state index in [-0.39, 0.29) is 29.4 Å². The fourth-order valence-electron chi connectivity index (χ4n) is 1.30. The first-order valence-electron chi connectivity index (χ1n) is 4.83. The SMILES string of the molecule is CCOC(=O)Cc1cnc(N)c(Cl)c1C(F)F. The number of aromatic nitrogens is 1. The molecule has 0 spiro atoms. The number of hydrogen-bond donors (Lipinski definition) is 1. The molecule has 0 amide bonds. The van der Waals surface area contributed by atoms with Gasteiger partial charge in [-0.3, -0.25) is 4.79 Å². The van der Waals surface area contributed by atoms with Crippen LogP contribution in [0.5, 0.6) is 0 Å². The average Bonchev–Trinajstić information content (AvgIpc) is 2.23. The number of ether oxygens (including phenoxy) is 1. The maximum atomic E-state index is 12.8. The van der Waals surface area contributed by atoms with Gasteiger partial charge in [0.2, 0.25) is 0 Å². The number of halogens is 3. The number of rotatable bonds is 4. The highest BCUT2D eigenvalue weighted by molar-refractivity contribution is 6.33. The van der Waals surface area contributed by atoms with E-state index in [1.165, 1.54) is 0 Å². The zero-order valence-electron chi connectivity index (χ0n) is 9.04. The van der Waals surface area contributed by atoms with Gasteiger partial charge in [0.05, 0.1) is 18.1 Å². The van der Waals surface area contributed by atoms with Crippen LogP contribution in [0.1, 0.15) is 24.5 Å². The normalized spacial score (nSPS) is 10.6. The van der Waals surface area contributed by atoms with Crippen molar-refractivity contribution in [2.24, 2.45) is 0 Å². The van der Waals surface area contributed by atoms with Crippen LogP contribution in [0.2, 0.25) is 5.02 Å². The van der Waals surface area contributed by atoms with E-state index >= 15 is 0 Å². The smallest absolute Gasteiger partial charge is 0.310 e. The summed E-state index contributed by atoms with van der Waals surface area (Å²) < 4.78 is 30.2. The highest BCUT2D eigenvalue weighted by Crippen LogP contribution is 2.33. The minimum atomic E-state index is -2.82. The quantitative estimate of drug-likeness (QED) is 0.848. The van der Waals surface area contributed by atoms with E-state index in [0.29, 0.717) is 0 Å². The van der Waals surface area contributed by atoms with E-state index in [1.807, 2.05) is 0 Å². The summed E-state index contributed by atoms with van der Waals surface area (Å²) in [6, 6.07) is 0. The zero-order chi connectivity index (χ0) is 13.0. The van der Waals surface area contributed by atoms with Gasteiger partial charge < -0.3 is 10.5 Å². The fourth-order valence-corrected chi connectivity index (χ4v) is 1.55. The van der Waals surface area contributed by atoms with Crippen molar-refractivity contribution < 1.29 is 18.3 Å². The Labute approximate surface area is 102 Å². The van der Waals surface area contributed by atoms with E-state index in [1.54, 1.807) is 6.92 Å². The maximum Gasteiger partial charge on any atom is 0.310 e. The molecule has 0 unspecified atom stereocenters. The molecule has 0 saturated carbocycles. The van der Waals surface area contributed by atoms with E-state index in [0.717, 1.165) is 6.20 Å². The van der Waals surface area contributed by atoms with Gasteiger partial charge in [-0.25, -0.2) is 13.8 Å². The second-order valence-corrected chi connectivity index (χ2v) is 3.56. The van der Waals surface area contributed by atoms with Gasteiger partial charge in [0, 0.05) is 11.8 Å². The second kappa shape index (κ2) is 5.77. The third-order valence-electron chi connectivity index (χ3n) is 2.03. The molecule has 17 heavy (non-hydrogen) atoms. The molecule has 0 atom stereocenters. The lowest BCUT2D eigenvalue weighted by atomic mass is 10.1. The third-order valence-corrected chi connectivity index (χ3v) is 2.42. The fraction of sp³-hybridized carbons (Fsp3) is 0.400. The maximum absolute atomic E-state index is 12.8. The van der Waals surface area contributed by atoms with Gasteiger partial charge in [-0.1, -0.05) is 11.6 Å². The molecular formula is C10H11ClF2N2O2. The molecular weight excluding hydrogens is 254 g/mol. The van der Waals surface area contributed by atoms with Crippen molar-refractivity contribution in [3.63, 3.8) is 0 Å². The average molecular weight is 265 g/mol. The van der Waals surface area contributed by atoms with E-state index < -0.39 is 18.0 Å². The lowest BCUT2D eigenvalue weighted by Gasteiger charge is -2.11. The number of alkyl halides is 2. The lowest BCUT2D eigenvalue weighted by Crippen LogP contribution is -2.11. The van der Waals surface area contributed by atoms with Crippen molar-refractivity contribution >= 4 is 23.4 Å². The van der Waals surface area contributed by atoms with Crippen LogP contribution < -0.4 is 5.73 Å².